The van der Waals surface area contributed by atoms with Crippen LogP contribution in [0.25, 0.3) is 22.2 Å². The number of ether oxygens (including phenoxy) is 1. The number of alkyl halides is 3. The number of halogens is 3. The fourth-order valence-corrected chi connectivity index (χ4v) is 6.19. The molecule has 0 bridgehead atoms. The number of nitrogens with zero attached hydrogens (tertiary/aromatic N) is 6. The number of aryl methyl sites for hydroxylation is 1. The van der Waals surface area contributed by atoms with Gasteiger partial charge in [0.15, 0.2) is 17.7 Å². The number of hydrogen-bond donors (Lipinski definition) is 4. The highest BCUT2D eigenvalue weighted by Crippen LogP contribution is 2.39. The fraction of sp³-hybridized carbons (Fsp3) is 0.586. The van der Waals surface area contributed by atoms with Crippen LogP contribution in [0.3, 0.4) is 0 Å². The van der Waals surface area contributed by atoms with Crippen LogP contribution in [0.5, 0.6) is 0 Å². The number of aromatic nitrogens is 6. The lowest BCUT2D eigenvalue weighted by Crippen LogP contribution is -2.52. The molecule has 2 aliphatic rings. The third-order valence-corrected chi connectivity index (χ3v) is 8.71. The van der Waals surface area contributed by atoms with Gasteiger partial charge in [-0.15, -0.1) is 0 Å². The minimum atomic E-state index is -4.43. The van der Waals surface area contributed by atoms with Crippen molar-refractivity contribution < 1.29 is 28.1 Å². The molecule has 11 nitrogen and oxygen atoms in total. The predicted molar refractivity (Wildman–Crippen MR) is 153 cm³/mol. The molecule has 1 aromatic carbocycles. The molecule has 4 aromatic rings. The first kappa shape index (κ1) is 29.7. The number of rotatable bonds is 8. The zero-order valence-corrected chi connectivity index (χ0v) is 24.3. The molecule has 1 saturated heterocycles. The number of nitrogens with two attached hydrogens (primary N) is 1. The highest BCUT2D eigenvalue weighted by Gasteiger charge is 2.47. The monoisotopic (exact) mass is 602 g/mol. The maximum atomic E-state index is 13.6. The van der Waals surface area contributed by atoms with Crippen LogP contribution in [0, 0.1) is 5.92 Å². The van der Waals surface area contributed by atoms with Gasteiger partial charge in [-0.2, -0.15) is 13.2 Å². The first-order chi connectivity index (χ1) is 20.3. The van der Waals surface area contributed by atoms with Crippen LogP contribution in [0.1, 0.15) is 57.6 Å². The largest absolute Gasteiger partial charge is 0.401 e. The number of aromatic amines is 1. The van der Waals surface area contributed by atoms with Crippen molar-refractivity contribution in [3.8, 4) is 0 Å². The first-order valence-electron chi connectivity index (χ1n) is 14.5. The summed E-state index contributed by atoms with van der Waals surface area (Å²) in [5, 5.41) is 21.5. The molecule has 4 heterocycles. The summed E-state index contributed by atoms with van der Waals surface area (Å²) in [7, 11) is 0. The molecular weight excluding hydrogens is 565 g/mol. The van der Waals surface area contributed by atoms with Gasteiger partial charge in [-0.25, -0.2) is 19.9 Å². The number of benzene rings is 1. The Morgan fingerprint density at radius 3 is 2.60 bits per heavy atom. The van der Waals surface area contributed by atoms with Crippen molar-refractivity contribution in [1.29, 1.82) is 0 Å². The first-order valence-corrected chi connectivity index (χ1v) is 14.5. The number of H-pyrrole nitrogens is 1. The summed E-state index contributed by atoms with van der Waals surface area (Å²) < 4.78 is 48.2. The number of aliphatic hydroxyl groups is 2. The van der Waals surface area contributed by atoms with Crippen LogP contribution >= 0.6 is 0 Å². The van der Waals surface area contributed by atoms with Gasteiger partial charge in [0.1, 0.15) is 36.0 Å². The van der Waals surface area contributed by atoms with E-state index in [1.54, 1.807) is 0 Å². The summed E-state index contributed by atoms with van der Waals surface area (Å²) in [4.78, 5) is 21.6. The van der Waals surface area contributed by atoms with Crippen molar-refractivity contribution >= 4 is 28.0 Å². The quantitative estimate of drug-likeness (QED) is 0.238. The van der Waals surface area contributed by atoms with E-state index in [2.05, 4.69) is 52.8 Å². The summed E-state index contributed by atoms with van der Waals surface area (Å²) in [6, 6.07) is 5.93. The second-order valence-electron chi connectivity index (χ2n) is 12.9. The highest BCUT2D eigenvalue weighted by atomic mass is 19.4. The van der Waals surface area contributed by atoms with Crippen LogP contribution in [0.15, 0.2) is 30.9 Å². The summed E-state index contributed by atoms with van der Waals surface area (Å²) >= 11 is 0. The molecule has 4 atom stereocenters. The Morgan fingerprint density at radius 1 is 1.12 bits per heavy atom. The Labute approximate surface area is 246 Å². The van der Waals surface area contributed by atoms with Crippen molar-refractivity contribution in [2.75, 3.05) is 18.8 Å². The number of aliphatic hydroxyl groups excluding tert-OH is 2. The summed E-state index contributed by atoms with van der Waals surface area (Å²) in [5.41, 5.74) is 9.55. The lowest BCUT2D eigenvalue weighted by molar-refractivity contribution is -0.163. The average Bonchev–Trinajstić information content (AvgIpc) is 3.58. The molecule has 43 heavy (non-hydrogen) atoms. The minimum Gasteiger partial charge on any atom is -0.387 e. The number of fused-ring (bicyclic) bond motifs is 2. The van der Waals surface area contributed by atoms with Gasteiger partial charge >= 0.3 is 6.18 Å². The number of hydrogen-bond acceptors (Lipinski definition) is 9. The molecule has 2 fully saturated rings. The summed E-state index contributed by atoms with van der Waals surface area (Å²) in [6.45, 7) is 5.16. The Balaban J connectivity index is 1.08. The van der Waals surface area contributed by atoms with Crippen LogP contribution in [-0.2, 0) is 16.6 Å². The number of imidazole rings is 2. The van der Waals surface area contributed by atoms with Gasteiger partial charge in [0.25, 0.3) is 0 Å². The van der Waals surface area contributed by atoms with E-state index in [1.165, 1.54) is 27.7 Å². The van der Waals surface area contributed by atoms with Gasteiger partial charge in [0.05, 0.1) is 23.9 Å². The molecule has 232 valence electrons. The van der Waals surface area contributed by atoms with E-state index in [9.17, 15) is 23.4 Å². The van der Waals surface area contributed by atoms with Crippen LogP contribution in [-0.4, -0.2) is 88.2 Å². The van der Waals surface area contributed by atoms with Crippen LogP contribution < -0.4 is 5.73 Å². The van der Waals surface area contributed by atoms with Crippen molar-refractivity contribution in [2.45, 2.75) is 88.6 Å². The Bertz CT molecular complexity index is 1590. The molecule has 0 amide bonds. The van der Waals surface area contributed by atoms with E-state index >= 15 is 0 Å². The fourth-order valence-electron chi connectivity index (χ4n) is 6.19. The van der Waals surface area contributed by atoms with Gasteiger partial charge in [0, 0.05) is 19.0 Å². The Hall–Kier alpha value is -3.33. The van der Waals surface area contributed by atoms with Crippen molar-refractivity contribution in [1.82, 2.24) is 34.4 Å². The van der Waals surface area contributed by atoms with E-state index in [0.29, 0.717) is 24.8 Å². The smallest absolute Gasteiger partial charge is 0.387 e. The van der Waals surface area contributed by atoms with Gasteiger partial charge < -0.3 is 25.7 Å². The molecule has 14 heteroatoms. The van der Waals surface area contributed by atoms with Crippen LogP contribution in [0.4, 0.5) is 19.0 Å². The molecule has 3 aromatic heterocycles. The molecule has 5 N–H and O–H groups in total. The zero-order valence-electron chi connectivity index (χ0n) is 24.3. The maximum Gasteiger partial charge on any atom is 0.401 e. The SMILES string of the molecule is CC(C)(C)c1ccc2[nH]c(CC[C@H]3C[C@@H](N(CC4O[C@@H](n5cnc6c(N)ncnc65)[C@H](O)[C@@H]4O)CC(F)(F)F)C3)nc2c1. The topological polar surface area (TPSA) is 151 Å². The third-order valence-electron chi connectivity index (χ3n) is 8.71. The van der Waals surface area contributed by atoms with Crippen molar-refractivity contribution in [2.24, 2.45) is 5.92 Å². The maximum absolute atomic E-state index is 13.6. The Morgan fingerprint density at radius 2 is 1.88 bits per heavy atom. The molecular formula is C29H37F3N8O3. The minimum absolute atomic E-state index is 0.0203. The summed E-state index contributed by atoms with van der Waals surface area (Å²) in [6.07, 6.45) is -4.06. The van der Waals surface area contributed by atoms with Crippen molar-refractivity contribution in [3.63, 3.8) is 0 Å². The van der Waals surface area contributed by atoms with E-state index in [4.69, 9.17) is 15.5 Å². The second kappa shape index (κ2) is 11.0. The highest BCUT2D eigenvalue weighted by molar-refractivity contribution is 5.81. The molecule has 0 spiro atoms. The van der Waals surface area contributed by atoms with E-state index in [-0.39, 0.29) is 35.4 Å². The van der Waals surface area contributed by atoms with Gasteiger partial charge in [-0.1, -0.05) is 26.8 Å². The van der Waals surface area contributed by atoms with Gasteiger partial charge in [-0.05, 0) is 48.3 Å². The number of nitrogen functional groups attached to an aromatic ring is 1. The molecule has 1 unspecified atom stereocenters. The standard InChI is InChI=1S/C29H37F3N8O3/c1-28(2,3)16-5-6-18-19(10-16)38-21(37-18)7-4-15-8-17(9-15)39(12-29(30,31)32)11-20-23(41)24(42)27(43-20)40-14-36-22-25(33)34-13-35-26(22)40/h5-6,10,13-15,17,20,23-24,27,41-42H,4,7-9,11-12H2,1-3H3,(H,37,38)(H2,33,34,35)/t15-,17+,20?,23-,24-,27-/m1/s1. The predicted octanol–water partition coefficient (Wildman–Crippen LogP) is 3.48. The second-order valence-corrected chi connectivity index (χ2v) is 12.9. The van der Waals surface area contributed by atoms with Crippen LogP contribution in [0.2, 0.25) is 0 Å². The molecule has 1 aliphatic carbocycles. The zero-order chi connectivity index (χ0) is 30.7. The molecule has 0 radical (unpaired) electrons. The van der Waals surface area contributed by atoms with E-state index < -0.39 is 37.3 Å². The normalized spacial score (nSPS) is 26.5. The average molecular weight is 603 g/mol. The lowest BCUT2D eigenvalue weighted by Gasteiger charge is -2.44. The van der Waals surface area contributed by atoms with Gasteiger partial charge in [-0.3, -0.25) is 9.47 Å². The Kier molecular flexibility index (Phi) is 7.60. The molecule has 1 saturated carbocycles. The lowest BCUT2D eigenvalue weighted by atomic mass is 9.76. The molecule has 6 rings (SSSR count). The van der Waals surface area contributed by atoms with E-state index in [0.717, 1.165) is 23.3 Å². The van der Waals surface area contributed by atoms with Gasteiger partial charge in [0.2, 0.25) is 0 Å². The van der Waals surface area contributed by atoms with E-state index in [1.807, 2.05) is 6.07 Å². The van der Waals surface area contributed by atoms with Crippen molar-refractivity contribution in [3.05, 3.63) is 42.2 Å². The molecule has 1 aliphatic heterocycles. The number of nitrogens with one attached hydrogen (secondary N) is 1. The number of anilines is 1. The third kappa shape index (κ3) is 6.06. The summed E-state index contributed by atoms with van der Waals surface area (Å²) in [5.74, 6) is 1.27.